The molecule has 1 aliphatic heterocycles. The molecule has 0 radical (unpaired) electrons. The number of anilines is 2. The highest BCUT2D eigenvalue weighted by Crippen LogP contribution is 2.37. The van der Waals surface area contributed by atoms with Crippen LogP contribution in [-0.4, -0.2) is 46.5 Å². The van der Waals surface area contributed by atoms with Crippen LogP contribution in [0.2, 0.25) is 0 Å². The first kappa shape index (κ1) is 26.3. The summed E-state index contributed by atoms with van der Waals surface area (Å²) in [6.45, 7) is 2.52. The SMILES string of the molecule is Cc1cc(-c2csc(N(C)C(=O)[C@@H](CC(=O)O)Cc3ccccc3)n2)c(-c2ccc(N3CCCC3=O)nc2)o1. The molecule has 10 heteroatoms. The zero-order chi connectivity index (χ0) is 27.5. The lowest BCUT2D eigenvalue weighted by Crippen LogP contribution is -2.35. The molecule has 1 fully saturated rings. The van der Waals surface area contributed by atoms with E-state index in [0.717, 1.165) is 23.1 Å². The third-order valence-electron chi connectivity index (χ3n) is 6.70. The van der Waals surface area contributed by atoms with Crippen LogP contribution in [0.15, 0.2) is 64.5 Å². The zero-order valence-corrected chi connectivity index (χ0v) is 22.5. The van der Waals surface area contributed by atoms with Gasteiger partial charge in [0.05, 0.1) is 18.0 Å². The largest absolute Gasteiger partial charge is 0.481 e. The molecular weight excluding hydrogens is 516 g/mol. The van der Waals surface area contributed by atoms with Crippen LogP contribution in [0.25, 0.3) is 22.6 Å². The van der Waals surface area contributed by atoms with Gasteiger partial charge in [-0.25, -0.2) is 9.97 Å². The topological polar surface area (TPSA) is 117 Å². The van der Waals surface area contributed by atoms with Crippen LogP contribution in [-0.2, 0) is 20.8 Å². The number of aliphatic carboxylic acids is 1. The first-order chi connectivity index (χ1) is 18.8. The third-order valence-corrected chi connectivity index (χ3v) is 7.61. The number of hydrogen-bond acceptors (Lipinski definition) is 7. The standard InChI is InChI=1S/C29H28N4O5S/c1-18-13-22(27(38-18)20-10-11-24(30-16-20)33-12-6-9-25(33)34)23-17-39-29(31-23)32(2)28(37)21(15-26(35)36)14-19-7-4-3-5-8-19/h3-5,7-8,10-11,13,16-17,21H,6,9,12,14-15H2,1-2H3,(H,35,36)/t21-/m1/s1. The van der Waals surface area contributed by atoms with Gasteiger partial charge in [0.1, 0.15) is 17.3 Å². The van der Waals surface area contributed by atoms with Crippen LogP contribution in [0.1, 0.15) is 30.6 Å². The molecule has 4 heterocycles. The van der Waals surface area contributed by atoms with E-state index in [1.807, 2.05) is 60.8 Å². The molecule has 1 aromatic carbocycles. The minimum absolute atomic E-state index is 0.0767. The summed E-state index contributed by atoms with van der Waals surface area (Å²) in [5.74, 6) is -0.0608. The number of hydrogen-bond donors (Lipinski definition) is 1. The number of benzene rings is 1. The van der Waals surface area contributed by atoms with E-state index >= 15 is 0 Å². The number of carboxylic acid groups (broad SMARTS) is 1. The predicted octanol–water partition coefficient (Wildman–Crippen LogP) is 5.20. The van der Waals surface area contributed by atoms with Crippen molar-refractivity contribution >= 4 is 40.1 Å². The first-order valence-electron chi connectivity index (χ1n) is 12.7. The fraction of sp³-hybridized carbons (Fsp3) is 0.276. The van der Waals surface area contributed by atoms with Crippen molar-refractivity contribution < 1.29 is 23.9 Å². The Bertz CT molecular complexity index is 1500. The van der Waals surface area contributed by atoms with Crippen molar-refractivity contribution in [2.24, 2.45) is 5.92 Å². The molecule has 0 bridgehead atoms. The maximum Gasteiger partial charge on any atom is 0.304 e. The van der Waals surface area contributed by atoms with E-state index in [1.165, 1.54) is 16.2 Å². The van der Waals surface area contributed by atoms with Crippen molar-refractivity contribution in [3.05, 3.63) is 71.4 Å². The maximum absolute atomic E-state index is 13.4. The monoisotopic (exact) mass is 544 g/mol. The third kappa shape index (κ3) is 5.75. The predicted molar refractivity (Wildman–Crippen MR) is 149 cm³/mol. The summed E-state index contributed by atoms with van der Waals surface area (Å²) < 4.78 is 6.01. The molecule has 4 aromatic rings. The Morgan fingerprint density at radius 1 is 1.21 bits per heavy atom. The lowest BCUT2D eigenvalue weighted by atomic mass is 9.95. The Morgan fingerprint density at radius 2 is 2.00 bits per heavy atom. The second kappa shape index (κ2) is 11.2. The molecule has 1 N–H and O–H groups in total. The molecule has 1 saturated heterocycles. The zero-order valence-electron chi connectivity index (χ0n) is 21.7. The second-order valence-corrected chi connectivity index (χ2v) is 10.4. The molecule has 0 spiro atoms. The molecular formula is C29H28N4O5S. The molecule has 0 saturated carbocycles. The number of carbonyl (C=O) groups excluding carboxylic acids is 2. The van der Waals surface area contributed by atoms with Crippen molar-refractivity contribution in [3.8, 4) is 22.6 Å². The highest BCUT2D eigenvalue weighted by molar-refractivity contribution is 7.14. The van der Waals surface area contributed by atoms with Gasteiger partial charge in [0.15, 0.2) is 5.13 Å². The quantitative estimate of drug-likeness (QED) is 0.308. The summed E-state index contributed by atoms with van der Waals surface area (Å²) in [5.41, 5.74) is 3.04. The van der Waals surface area contributed by atoms with Gasteiger partial charge in [0.25, 0.3) is 0 Å². The van der Waals surface area contributed by atoms with Crippen LogP contribution in [0.5, 0.6) is 0 Å². The van der Waals surface area contributed by atoms with Crippen LogP contribution in [0.3, 0.4) is 0 Å². The Kier molecular flexibility index (Phi) is 7.56. The number of amides is 2. The molecule has 1 atom stereocenters. The van der Waals surface area contributed by atoms with Crippen molar-refractivity contribution in [2.45, 2.75) is 32.6 Å². The number of nitrogens with zero attached hydrogens (tertiary/aromatic N) is 4. The van der Waals surface area contributed by atoms with Crippen molar-refractivity contribution in [1.29, 1.82) is 0 Å². The first-order valence-corrected chi connectivity index (χ1v) is 13.5. The Morgan fingerprint density at radius 3 is 2.67 bits per heavy atom. The summed E-state index contributed by atoms with van der Waals surface area (Å²) in [5, 5.41) is 11.7. The fourth-order valence-corrected chi connectivity index (χ4v) is 5.55. The molecule has 9 nitrogen and oxygen atoms in total. The maximum atomic E-state index is 13.4. The molecule has 1 aliphatic rings. The normalized spacial score (nSPS) is 14.0. The Hall–Kier alpha value is -4.31. The van der Waals surface area contributed by atoms with E-state index in [1.54, 1.807) is 18.1 Å². The number of carbonyl (C=O) groups is 3. The lowest BCUT2D eigenvalue weighted by molar-refractivity contribution is -0.140. The lowest BCUT2D eigenvalue weighted by Gasteiger charge is -2.21. The summed E-state index contributed by atoms with van der Waals surface area (Å²) in [6, 6.07) is 15.0. The number of furan rings is 1. The average Bonchev–Trinajstić information content (AvgIpc) is 3.68. The van der Waals surface area contributed by atoms with Gasteiger partial charge in [0, 0.05) is 42.7 Å². The van der Waals surface area contributed by atoms with Gasteiger partial charge in [-0.15, -0.1) is 11.3 Å². The highest BCUT2D eigenvalue weighted by atomic mass is 32.1. The smallest absolute Gasteiger partial charge is 0.304 e. The van der Waals surface area contributed by atoms with Crippen molar-refractivity contribution in [1.82, 2.24) is 9.97 Å². The van der Waals surface area contributed by atoms with E-state index in [0.29, 0.717) is 47.6 Å². The summed E-state index contributed by atoms with van der Waals surface area (Å²) >= 11 is 1.30. The van der Waals surface area contributed by atoms with Gasteiger partial charge in [-0.3, -0.25) is 24.2 Å². The van der Waals surface area contributed by atoms with Crippen LogP contribution >= 0.6 is 11.3 Å². The van der Waals surface area contributed by atoms with Crippen molar-refractivity contribution in [3.63, 3.8) is 0 Å². The second-order valence-electron chi connectivity index (χ2n) is 9.55. The van der Waals surface area contributed by atoms with E-state index in [2.05, 4.69) is 4.98 Å². The van der Waals surface area contributed by atoms with Gasteiger partial charge < -0.3 is 9.52 Å². The molecule has 5 rings (SSSR count). The van der Waals surface area contributed by atoms with Gasteiger partial charge in [-0.05, 0) is 43.5 Å². The Balaban J connectivity index is 1.37. The van der Waals surface area contributed by atoms with Crippen LogP contribution < -0.4 is 9.80 Å². The summed E-state index contributed by atoms with van der Waals surface area (Å²) in [6.07, 6.45) is 3.11. The number of rotatable bonds is 9. The highest BCUT2D eigenvalue weighted by Gasteiger charge is 2.28. The molecule has 2 amide bonds. The van der Waals surface area contributed by atoms with Gasteiger partial charge in [0.2, 0.25) is 11.8 Å². The summed E-state index contributed by atoms with van der Waals surface area (Å²) in [7, 11) is 1.62. The molecule has 200 valence electrons. The Labute approximate surface area is 229 Å². The van der Waals surface area contributed by atoms with E-state index in [-0.39, 0.29) is 18.2 Å². The van der Waals surface area contributed by atoms with E-state index in [9.17, 15) is 19.5 Å². The van der Waals surface area contributed by atoms with E-state index < -0.39 is 11.9 Å². The molecule has 3 aromatic heterocycles. The van der Waals surface area contributed by atoms with Gasteiger partial charge in [-0.1, -0.05) is 30.3 Å². The average molecular weight is 545 g/mol. The fourth-order valence-electron chi connectivity index (χ4n) is 4.76. The molecule has 39 heavy (non-hydrogen) atoms. The number of thiazole rings is 1. The van der Waals surface area contributed by atoms with E-state index in [4.69, 9.17) is 9.40 Å². The van der Waals surface area contributed by atoms with Gasteiger partial charge in [-0.2, -0.15) is 0 Å². The number of aromatic nitrogens is 2. The summed E-state index contributed by atoms with van der Waals surface area (Å²) in [4.78, 5) is 49.3. The molecule has 0 aliphatic carbocycles. The number of carboxylic acids is 1. The van der Waals surface area contributed by atoms with Crippen LogP contribution in [0.4, 0.5) is 10.9 Å². The number of aryl methyl sites for hydroxylation is 1. The molecule has 0 unspecified atom stereocenters. The number of pyridine rings is 1. The van der Waals surface area contributed by atoms with Crippen molar-refractivity contribution in [2.75, 3.05) is 23.4 Å². The minimum atomic E-state index is -1.02. The van der Waals surface area contributed by atoms with Crippen LogP contribution in [0, 0.1) is 12.8 Å². The van der Waals surface area contributed by atoms with Gasteiger partial charge >= 0.3 is 5.97 Å². The minimum Gasteiger partial charge on any atom is -0.481 e.